The lowest BCUT2D eigenvalue weighted by Gasteiger charge is -2.44. The van der Waals surface area contributed by atoms with Crippen molar-refractivity contribution in [2.45, 2.75) is 28.8 Å². The molecule has 176 valence electrons. The van der Waals surface area contributed by atoms with Crippen LogP contribution in [0, 0.1) is 13.5 Å². The maximum absolute atomic E-state index is 13.7. The number of hydrogen-bond donors (Lipinski definition) is 0. The first-order valence-electron chi connectivity index (χ1n) is 10.8. The van der Waals surface area contributed by atoms with Gasteiger partial charge in [0.1, 0.15) is 10.7 Å². The van der Waals surface area contributed by atoms with Crippen molar-refractivity contribution in [3.63, 3.8) is 0 Å². The fraction of sp³-hybridized carbons (Fsp3) is 0.240. The second-order valence-electron chi connectivity index (χ2n) is 7.92. The van der Waals surface area contributed by atoms with Crippen molar-refractivity contribution in [1.29, 1.82) is 0 Å². The molecule has 2 aliphatic heterocycles. The number of aryl methyl sites for hydroxylation is 1. The van der Waals surface area contributed by atoms with Gasteiger partial charge in [0.05, 0.1) is 0 Å². The number of nitrogens with zero attached hydrogens (tertiary/aromatic N) is 4. The van der Waals surface area contributed by atoms with E-state index in [4.69, 9.17) is 11.3 Å². The third-order valence-electron chi connectivity index (χ3n) is 5.66. The van der Waals surface area contributed by atoms with Crippen LogP contribution in [0.5, 0.6) is 0 Å². The van der Waals surface area contributed by atoms with Gasteiger partial charge in [-0.25, -0.2) is 11.4 Å². The molecule has 0 radical (unpaired) electrons. The molecule has 2 aromatic carbocycles. The Morgan fingerprint density at radius 1 is 1.17 bits per heavy atom. The summed E-state index contributed by atoms with van der Waals surface area (Å²) in [4.78, 5) is 31.5. The van der Waals surface area contributed by atoms with Gasteiger partial charge >= 0.3 is 17.9 Å². The Morgan fingerprint density at radius 2 is 1.83 bits per heavy atom. The number of ether oxygens (including phenoxy) is 1. The summed E-state index contributed by atoms with van der Waals surface area (Å²) in [6, 6.07) is 18.3. The molecule has 10 heteroatoms. The molecule has 0 aliphatic carbocycles. The molecule has 5 rings (SSSR count). The van der Waals surface area contributed by atoms with Crippen LogP contribution in [0.1, 0.15) is 22.2 Å². The highest BCUT2D eigenvalue weighted by Gasteiger charge is 2.58. The van der Waals surface area contributed by atoms with Crippen LogP contribution >= 0.6 is 34.9 Å². The van der Waals surface area contributed by atoms with Gasteiger partial charge < -0.3 is 4.74 Å². The summed E-state index contributed by atoms with van der Waals surface area (Å²) in [6.07, 6.45) is -0.627. The van der Waals surface area contributed by atoms with E-state index in [9.17, 15) is 9.59 Å². The highest BCUT2D eigenvalue weighted by Crippen LogP contribution is 2.44. The smallest absolute Gasteiger partial charge is 0.356 e. The van der Waals surface area contributed by atoms with E-state index in [0.29, 0.717) is 11.5 Å². The Kier molecular flexibility index (Phi) is 6.90. The van der Waals surface area contributed by atoms with Gasteiger partial charge in [-0.05, 0) is 23.6 Å². The number of benzene rings is 2. The van der Waals surface area contributed by atoms with Crippen LogP contribution in [0.2, 0.25) is 0 Å². The van der Waals surface area contributed by atoms with Crippen LogP contribution in [0.15, 0.2) is 76.3 Å². The van der Waals surface area contributed by atoms with E-state index in [1.54, 1.807) is 0 Å². The van der Waals surface area contributed by atoms with Gasteiger partial charge in [-0.1, -0.05) is 83.8 Å². The van der Waals surface area contributed by atoms with Crippen LogP contribution in [0.3, 0.4) is 0 Å². The van der Waals surface area contributed by atoms with E-state index in [1.165, 1.54) is 39.8 Å². The maximum Gasteiger partial charge on any atom is 0.356 e. The summed E-state index contributed by atoms with van der Waals surface area (Å²) < 4.78 is 6.91. The van der Waals surface area contributed by atoms with E-state index in [-0.39, 0.29) is 17.0 Å². The number of carbonyl (C=O) groups is 2. The number of hydrogen-bond acceptors (Lipinski definition) is 8. The standard InChI is InChI=1S/C25H20N4O3S3/c1-15-27-28-25(35-15)34-14-18-13-33-23-19(26-2)22(30)29(23)20(18)24(31)32-21(16-9-5-3-6-10-16)17-11-7-4-8-12-17/h3-12,19,21,23H,13-14H2,1H3/t19-,23-/m1/s1. The normalized spacial score (nSPS) is 19.2. The van der Waals surface area contributed by atoms with E-state index in [2.05, 4.69) is 15.0 Å². The van der Waals surface area contributed by atoms with E-state index in [0.717, 1.165) is 26.0 Å². The zero-order valence-electron chi connectivity index (χ0n) is 18.7. The molecule has 0 spiro atoms. The summed E-state index contributed by atoms with van der Waals surface area (Å²) in [5.74, 6) is 0.104. The number of amides is 1. The van der Waals surface area contributed by atoms with Crippen molar-refractivity contribution in [2.24, 2.45) is 0 Å². The minimum absolute atomic E-state index is 0.254. The Morgan fingerprint density at radius 3 is 2.40 bits per heavy atom. The molecule has 3 heterocycles. The molecule has 2 atom stereocenters. The summed E-state index contributed by atoms with van der Waals surface area (Å²) in [5, 5.41) is 8.70. The van der Waals surface area contributed by atoms with Gasteiger partial charge in [0.2, 0.25) is 0 Å². The fourth-order valence-corrected chi connectivity index (χ4v) is 7.26. The van der Waals surface area contributed by atoms with Crippen molar-refractivity contribution in [3.8, 4) is 0 Å². The lowest BCUT2D eigenvalue weighted by molar-refractivity contribution is -0.152. The number of rotatable bonds is 7. The Hall–Kier alpha value is -3.13. The highest BCUT2D eigenvalue weighted by atomic mass is 32.2. The quantitative estimate of drug-likeness (QED) is 0.193. The van der Waals surface area contributed by atoms with E-state index < -0.39 is 18.1 Å². The molecule has 0 N–H and O–H groups in total. The summed E-state index contributed by atoms with van der Waals surface area (Å²) >= 11 is 4.48. The van der Waals surface area contributed by atoms with Gasteiger partial charge in [-0.2, -0.15) is 0 Å². The Labute approximate surface area is 215 Å². The second kappa shape index (κ2) is 10.2. The maximum atomic E-state index is 13.7. The number of carbonyl (C=O) groups excluding carboxylic acids is 2. The molecule has 0 saturated carbocycles. The zero-order chi connectivity index (χ0) is 24.4. The SMILES string of the molecule is [C-]#[N+][C@@H]1C(=O)N2C(C(=O)OC(c3ccccc3)c3ccccc3)=C(CSc3nnc(C)s3)CS[C@H]12. The summed E-state index contributed by atoms with van der Waals surface area (Å²) in [5.41, 5.74) is 2.72. The first-order chi connectivity index (χ1) is 17.1. The molecule has 7 nitrogen and oxygen atoms in total. The first-order valence-corrected chi connectivity index (χ1v) is 13.7. The van der Waals surface area contributed by atoms with Gasteiger partial charge in [0, 0.05) is 11.5 Å². The minimum Gasteiger partial charge on any atom is -0.448 e. The average molecular weight is 521 g/mol. The van der Waals surface area contributed by atoms with Crippen LogP contribution in [-0.2, 0) is 14.3 Å². The van der Waals surface area contributed by atoms with Crippen LogP contribution in [-0.4, -0.2) is 49.9 Å². The minimum atomic E-state index is -0.762. The lowest BCUT2D eigenvalue weighted by Crippen LogP contribution is -2.63. The average Bonchev–Trinajstić information content (AvgIpc) is 3.31. The van der Waals surface area contributed by atoms with Gasteiger partial charge in [-0.3, -0.25) is 14.5 Å². The van der Waals surface area contributed by atoms with Crippen molar-refractivity contribution in [1.82, 2.24) is 15.1 Å². The molecular weight excluding hydrogens is 501 g/mol. The monoisotopic (exact) mass is 520 g/mol. The van der Waals surface area contributed by atoms with Crippen LogP contribution < -0.4 is 0 Å². The number of thioether (sulfide) groups is 2. The molecule has 1 saturated heterocycles. The van der Waals surface area contributed by atoms with Gasteiger partial charge in [0.25, 0.3) is 0 Å². The third-order valence-corrected chi connectivity index (χ3v) is 9.04. The predicted octanol–water partition coefficient (Wildman–Crippen LogP) is 4.73. The molecule has 35 heavy (non-hydrogen) atoms. The van der Waals surface area contributed by atoms with Crippen LogP contribution in [0.4, 0.5) is 0 Å². The molecule has 1 aromatic heterocycles. The van der Waals surface area contributed by atoms with Crippen molar-refractivity contribution in [2.75, 3.05) is 11.5 Å². The highest BCUT2D eigenvalue weighted by molar-refractivity contribution is 8.01. The first kappa shape index (κ1) is 23.6. The predicted molar refractivity (Wildman–Crippen MR) is 137 cm³/mol. The van der Waals surface area contributed by atoms with Gasteiger partial charge in [0.15, 0.2) is 15.8 Å². The molecule has 1 fully saturated rings. The largest absolute Gasteiger partial charge is 0.448 e. The van der Waals surface area contributed by atoms with E-state index in [1.807, 2.05) is 67.6 Å². The third kappa shape index (κ3) is 4.72. The molecule has 1 amide bonds. The number of β-lactam (4-membered cyclic amide) rings is 1. The fourth-order valence-electron chi connectivity index (χ4n) is 3.98. The topological polar surface area (TPSA) is 76.8 Å². The van der Waals surface area contributed by atoms with Crippen molar-refractivity contribution < 1.29 is 14.3 Å². The molecule has 3 aromatic rings. The molecule has 2 aliphatic rings. The van der Waals surface area contributed by atoms with Crippen molar-refractivity contribution in [3.05, 3.63) is 99.5 Å². The molecule has 0 bridgehead atoms. The Balaban J connectivity index is 1.48. The van der Waals surface area contributed by atoms with Gasteiger partial charge in [-0.15, -0.1) is 22.0 Å². The lowest BCUT2D eigenvalue weighted by atomic mass is 10.0. The Bertz CT molecular complexity index is 1280. The van der Waals surface area contributed by atoms with E-state index >= 15 is 0 Å². The summed E-state index contributed by atoms with van der Waals surface area (Å²) in [7, 11) is 0. The zero-order valence-corrected chi connectivity index (χ0v) is 21.1. The second-order valence-corrected chi connectivity index (χ2v) is 11.4. The molecular formula is C25H20N4O3S3. The van der Waals surface area contributed by atoms with Crippen LogP contribution in [0.25, 0.3) is 4.85 Å². The number of fused-ring (bicyclic) bond motifs is 1. The molecule has 0 unspecified atom stereocenters. The number of aromatic nitrogens is 2. The van der Waals surface area contributed by atoms with Crippen molar-refractivity contribution >= 4 is 46.7 Å². The number of esters is 1. The summed E-state index contributed by atoms with van der Waals surface area (Å²) in [6.45, 7) is 9.27.